The summed E-state index contributed by atoms with van der Waals surface area (Å²) in [6.45, 7) is 0.303. The number of hydrogen-bond acceptors (Lipinski definition) is 5. The number of nitrogens with one attached hydrogen (secondary N) is 2. The number of anilines is 2. The molecule has 7 heteroatoms. The molecule has 4 N–H and O–H groups in total. The van der Waals surface area contributed by atoms with Gasteiger partial charge in [0.15, 0.2) is 5.82 Å². The number of halogens is 1. The average Bonchev–Trinajstić information content (AvgIpc) is 2.69. The van der Waals surface area contributed by atoms with Crippen molar-refractivity contribution < 1.29 is 4.39 Å². The second kappa shape index (κ2) is 3.91. The first-order chi connectivity index (χ1) is 7.25. The topological polar surface area (TPSA) is 92.5 Å². The molecule has 0 unspecified atom stereocenters. The largest absolute Gasteiger partial charge is 0.399 e. The van der Waals surface area contributed by atoms with Crippen LogP contribution in [0.15, 0.2) is 18.2 Å². The second-order valence-electron chi connectivity index (χ2n) is 2.92. The molecule has 0 atom stereocenters. The van der Waals surface area contributed by atoms with Crippen LogP contribution in [-0.2, 0) is 6.54 Å². The minimum Gasteiger partial charge on any atom is -0.399 e. The van der Waals surface area contributed by atoms with E-state index in [9.17, 15) is 4.39 Å². The molecular formula is C8H9FN6. The number of benzene rings is 1. The summed E-state index contributed by atoms with van der Waals surface area (Å²) in [7, 11) is 0. The Morgan fingerprint density at radius 3 is 3.00 bits per heavy atom. The van der Waals surface area contributed by atoms with Gasteiger partial charge >= 0.3 is 0 Å². The Morgan fingerprint density at radius 2 is 2.33 bits per heavy atom. The summed E-state index contributed by atoms with van der Waals surface area (Å²) < 4.78 is 13.3. The first-order valence-corrected chi connectivity index (χ1v) is 4.27. The highest BCUT2D eigenvalue weighted by Crippen LogP contribution is 2.16. The van der Waals surface area contributed by atoms with E-state index in [1.165, 1.54) is 6.07 Å². The molecule has 0 aliphatic rings. The van der Waals surface area contributed by atoms with Crippen LogP contribution in [0.3, 0.4) is 0 Å². The molecule has 1 heterocycles. The van der Waals surface area contributed by atoms with Crippen molar-refractivity contribution in [3.05, 3.63) is 29.8 Å². The highest BCUT2D eigenvalue weighted by molar-refractivity contribution is 5.52. The standard InChI is InChI=1S/C8H9FN6/c9-6-3-5(10)1-2-7(6)11-4-8-12-14-15-13-8/h1-3,11H,4,10H2,(H,12,13,14,15). The van der Waals surface area contributed by atoms with E-state index in [2.05, 4.69) is 25.9 Å². The Balaban J connectivity index is 2.05. The quantitative estimate of drug-likeness (QED) is 0.640. The summed E-state index contributed by atoms with van der Waals surface area (Å²) in [5.74, 6) is 0.0599. The summed E-state index contributed by atoms with van der Waals surface area (Å²) >= 11 is 0. The molecular weight excluding hydrogens is 199 g/mol. The third kappa shape index (κ3) is 2.19. The fourth-order valence-electron chi connectivity index (χ4n) is 1.11. The lowest BCUT2D eigenvalue weighted by atomic mass is 10.2. The SMILES string of the molecule is Nc1ccc(NCc2nn[nH]n2)c(F)c1. The number of tetrazole rings is 1. The fourth-order valence-corrected chi connectivity index (χ4v) is 1.11. The minimum absolute atomic E-state index is 0.303. The molecule has 2 aromatic rings. The molecule has 15 heavy (non-hydrogen) atoms. The lowest BCUT2D eigenvalue weighted by molar-refractivity contribution is 0.630. The Hall–Kier alpha value is -2.18. The van der Waals surface area contributed by atoms with Crippen LogP contribution in [0.4, 0.5) is 15.8 Å². The van der Waals surface area contributed by atoms with Gasteiger partial charge in [0.1, 0.15) is 5.82 Å². The van der Waals surface area contributed by atoms with Gasteiger partial charge in [0.2, 0.25) is 0 Å². The smallest absolute Gasteiger partial charge is 0.193 e. The lowest BCUT2D eigenvalue weighted by Gasteiger charge is -2.05. The molecule has 0 spiro atoms. The first kappa shape index (κ1) is 9.38. The van der Waals surface area contributed by atoms with Crippen molar-refractivity contribution in [3.8, 4) is 0 Å². The van der Waals surface area contributed by atoms with Crippen LogP contribution in [0, 0.1) is 5.82 Å². The van der Waals surface area contributed by atoms with Crippen molar-refractivity contribution in [1.82, 2.24) is 20.6 Å². The van der Waals surface area contributed by atoms with Gasteiger partial charge in [0.05, 0.1) is 12.2 Å². The van der Waals surface area contributed by atoms with Crippen LogP contribution < -0.4 is 11.1 Å². The highest BCUT2D eigenvalue weighted by atomic mass is 19.1. The molecule has 0 radical (unpaired) electrons. The minimum atomic E-state index is -0.404. The van der Waals surface area contributed by atoms with Crippen molar-refractivity contribution in [2.75, 3.05) is 11.1 Å². The van der Waals surface area contributed by atoms with Crippen LogP contribution >= 0.6 is 0 Å². The molecule has 0 aliphatic carbocycles. The number of aromatic nitrogens is 4. The van der Waals surface area contributed by atoms with Crippen LogP contribution in [-0.4, -0.2) is 20.6 Å². The molecule has 1 aromatic carbocycles. The number of hydrogen-bond donors (Lipinski definition) is 3. The van der Waals surface area contributed by atoms with Crippen molar-refractivity contribution >= 4 is 11.4 Å². The van der Waals surface area contributed by atoms with Gasteiger partial charge in [-0.2, -0.15) is 5.21 Å². The van der Waals surface area contributed by atoms with E-state index in [1.54, 1.807) is 12.1 Å². The predicted molar refractivity (Wildman–Crippen MR) is 52.3 cm³/mol. The van der Waals surface area contributed by atoms with E-state index in [-0.39, 0.29) is 0 Å². The number of aromatic amines is 1. The zero-order chi connectivity index (χ0) is 10.7. The number of nitrogen functional groups attached to an aromatic ring is 1. The van der Waals surface area contributed by atoms with E-state index >= 15 is 0 Å². The van der Waals surface area contributed by atoms with Gasteiger partial charge in [0, 0.05) is 5.69 Å². The molecule has 0 saturated carbocycles. The van der Waals surface area contributed by atoms with Gasteiger partial charge in [-0.25, -0.2) is 4.39 Å². The van der Waals surface area contributed by atoms with E-state index in [1.807, 2.05) is 0 Å². The summed E-state index contributed by atoms with van der Waals surface area (Å²) in [5.41, 5.74) is 6.15. The molecule has 0 saturated heterocycles. The monoisotopic (exact) mass is 208 g/mol. The Kier molecular flexibility index (Phi) is 2.44. The molecule has 0 aliphatic heterocycles. The van der Waals surface area contributed by atoms with Gasteiger partial charge in [-0.3, -0.25) is 0 Å². The van der Waals surface area contributed by atoms with E-state index in [0.29, 0.717) is 23.7 Å². The van der Waals surface area contributed by atoms with Crippen LogP contribution in [0.25, 0.3) is 0 Å². The molecule has 0 bridgehead atoms. The highest BCUT2D eigenvalue weighted by Gasteiger charge is 2.03. The maximum atomic E-state index is 13.3. The number of nitrogens with zero attached hydrogens (tertiary/aromatic N) is 3. The molecule has 0 amide bonds. The van der Waals surface area contributed by atoms with Gasteiger partial charge in [0.25, 0.3) is 0 Å². The molecule has 78 valence electrons. The number of nitrogens with two attached hydrogens (primary N) is 1. The Bertz CT molecular complexity index is 440. The van der Waals surface area contributed by atoms with E-state index in [0.717, 1.165) is 0 Å². The van der Waals surface area contributed by atoms with E-state index in [4.69, 9.17) is 5.73 Å². The maximum absolute atomic E-state index is 13.3. The third-order valence-electron chi connectivity index (χ3n) is 1.82. The summed E-state index contributed by atoms with van der Waals surface area (Å²) in [4.78, 5) is 0. The number of rotatable bonds is 3. The Morgan fingerprint density at radius 1 is 1.47 bits per heavy atom. The van der Waals surface area contributed by atoms with Gasteiger partial charge in [-0.15, -0.1) is 10.2 Å². The van der Waals surface area contributed by atoms with Crippen molar-refractivity contribution in [3.63, 3.8) is 0 Å². The van der Waals surface area contributed by atoms with Gasteiger partial charge in [-0.1, -0.05) is 5.21 Å². The third-order valence-corrected chi connectivity index (χ3v) is 1.82. The van der Waals surface area contributed by atoms with Crippen molar-refractivity contribution in [2.24, 2.45) is 0 Å². The molecule has 0 fully saturated rings. The van der Waals surface area contributed by atoms with Crippen molar-refractivity contribution in [2.45, 2.75) is 6.54 Å². The van der Waals surface area contributed by atoms with Gasteiger partial charge in [-0.05, 0) is 18.2 Å². The summed E-state index contributed by atoms with van der Waals surface area (Å²) in [6.07, 6.45) is 0. The summed E-state index contributed by atoms with van der Waals surface area (Å²) in [6, 6.07) is 4.42. The zero-order valence-electron chi connectivity index (χ0n) is 7.74. The molecule has 6 nitrogen and oxygen atoms in total. The average molecular weight is 208 g/mol. The predicted octanol–water partition coefficient (Wildman–Crippen LogP) is 0.533. The van der Waals surface area contributed by atoms with Crippen LogP contribution in [0.2, 0.25) is 0 Å². The first-order valence-electron chi connectivity index (χ1n) is 4.27. The zero-order valence-corrected chi connectivity index (χ0v) is 7.74. The molecule has 2 rings (SSSR count). The summed E-state index contributed by atoms with van der Waals surface area (Å²) in [5, 5.41) is 16.0. The van der Waals surface area contributed by atoms with Gasteiger partial charge < -0.3 is 11.1 Å². The van der Waals surface area contributed by atoms with Crippen LogP contribution in [0.5, 0.6) is 0 Å². The lowest BCUT2D eigenvalue weighted by Crippen LogP contribution is -2.03. The maximum Gasteiger partial charge on any atom is 0.193 e. The normalized spacial score (nSPS) is 10.2. The number of H-pyrrole nitrogens is 1. The second-order valence-corrected chi connectivity index (χ2v) is 2.92. The van der Waals surface area contributed by atoms with E-state index < -0.39 is 5.82 Å². The fraction of sp³-hybridized carbons (Fsp3) is 0.125. The Labute approximate surface area is 84.7 Å². The van der Waals surface area contributed by atoms with Crippen molar-refractivity contribution in [1.29, 1.82) is 0 Å². The van der Waals surface area contributed by atoms with Crippen LogP contribution in [0.1, 0.15) is 5.82 Å². The molecule has 1 aromatic heterocycles.